The second kappa shape index (κ2) is 5.76. The Kier molecular flexibility index (Phi) is 3.63. The summed E-state index contributed by atoms with van der Waals surface area (Å²) in [5.41, 5.74) is 1.34. The van der Waals surface area contributed by atoms with Crippen molar-refractivity contribution < 1.29 is 14.5 Å². The van der Waals surface area contributed by atoms with E-state index in [1.807, 2.05) is 6.07 Å². The first-order valence-electron chi connectivity index (χ1n) is 6.66. The van der Waals surface area contributed by atoms with Crippen LogP contribution in [0, 0.1) is 10.1 Å². The number of benzene rings is 2. The Morgan fingerprint density at radius 1 is 1.30 bits per heavy atom. The van der Waals surface area contributed by atoms with E-state index in [-0.39, 0.29) is 17.0 Å². The van der Waals surface area contributed by atoms with Crippen molar-refractivity contribution in [3.05, 3.63) is 58.4 Å². The summed E-state index contributed by atoms with van der Waals surface area (Å²) in [6, 6.07) is 9.56. The topological polar surface area (TPSA) is 110 Å². The van der Waals surface area contributed by atoms with Crippen LogP contribution in [0.3, 0.4) is 0 Å². The van der Waals surface area contributed by atoms with Gasteiger partial charge in [-0.15, -0.1) is 0 Å². The Labute approximate surface area is 130 Å². The molecule has 0 bridgehead atoms. The molecule has 1 aromatic heterocycles. The minimum absolute atomic E-state index is 0.0284. The number of para-hydroxylation sites is 2. The van der Waals surface area contributed by atoms with Crippen LogP contribution in [0.1, 0.15) is 10.4 Å². The lowest BCUT2D eigenvalue weighted by Gasteiger charge is -2.08. The van der Waals surface area contributed by atoms with Crippen LogP contribution in [0.2, 0.25) is 0 Å². The normalized spacial score (nSPS) is 10.5. The van der Waals surface area contributed by atoms with Gasteiger partial charge in [-0.2, -0.15) is 0 Å². The third-order valence-corrected chi connectivity index (χ3v) is 3.34. The van der Waals surface area contributed by atoms with Crippen LogP contribution in [0.5, 0.6) is 5.75 Å². The summed E-state index contributed by atoms with van der Waals surface area (Å²) in [7, 11) is 1.31. The molecule has 0 fully saturated rings. The molecular formula is C15H12N4O4. The number of carbonyl (C=O) groups excluding carboxylic acids is 1. The van der Waals surface area contributed by atoms with Gasteiger partial charge in [0.2, 0.25) is 0 Å². The third-order valence-electron chi connectivity index (χ3n) is 3.34. The van der Waals surface area contributed by atoms with Crippen LogP contribution in [0.4, 0.5) is 11.4 Å². The number of nitro groups is 1. The van der Waals surface area contributed by atoms with Crippen molar-refractivity contribution in [2.45, 2.75) is 0 Å². The predicted octanol–water partition coefficient (Wildman–Crippen LogP) is 2.73. The van der Waals surface area contributed by atoms with Crippen LogP contribution in [0.25, 0.3) is 11.0 Å². The highest BCUT2D eigenvalue weighted by Crippen LogP contribution is 2.31. The average molecular weight is 312 g/mol. The Hall–Kier alpha value is -3.42. The smallest absolute Gasteiger partial charge is 0.323 e. The van der Waals surface area contributed by atoms with E-state index in [0.717, 1.165) is 5.52 Å². The first kappa shape index (κ1) is 14.5. The van der Waals surface area contributed by atoms with Crippen LogP contribution in [-0.2, 0) is 0 Å². The largest absolute Gasteiger partial charge is 0.490 e. The summed E-state index contributed by atoms with van der Waals surface area (Å²) in [4.78, 5) is 30.1. The fourth-order valence-corrected chi connectivity index (χ4v) is 2.31. The van der Waals surface area contributed by atoms with Crippen molar-refractivity contribution in [2.75, 3.05) is 12.4 Å². The molecule has 2 aromatic carbocycles. The molecule has 23 heavy (non-hydrogen) atoms. The van der Waals surface area contributed by atoms with Crippen LogP contribution >= 0.6 is 0 Å². The maximum Gasteiger partial charge on any atom is 0.323 e. The molecule has 0 saturated heterocycles. The minimum Gasteiger partial charge on any atom is -0.490 e. The third kappa shape index (κ3) is 2.57. The lowest BCUT2D eigenvalue weighted by Crippen LogP contribution is -2.14. The lowest BCUT2D eigenvalue weighted by atomic mass is 10.1. The molecule has 0 spiro atoms. The van der Waals surface area contributed by atoms with Crippen LogP contribution < -0.4 is 10.1 Å². The van der Waals surface area contributed by atoms with E-state index in [4.69, 9.17) is 4.74 Å². The molecular weight excluding hydrogens is 300 g/mol. The first-order valence-corrected chi connectivity index (χ1v) is 6.66. The highest BCUT2D eigenvalue weighted by Gasteiger charge is 2.25. The number of methoxy groups -OCH3 is 1. The molecule has 1 heterocycles. The van der Waals surface area contributed by atoms with Crippen molar-refractivity contribution >= 4 is 28.3 Å². The number of imidazole rings is 1. The monoisotopic (exact) mass is 312 g/mol. The standard InChI is InChI=1S/C15H12N4O4/c1-23-12-7-2-4-9(14(12)19(21)22)15(20)18-11-6-3-5-10-13(11)17-8-16-10/h2-8H,1H3,(H,16,17)(H,18,20). The van der Waals surface area contributed by atoms with Crippen molar-refractivity contribution in [3.8, 4) is 5.75 Å². The van der Waals surface area contributed by atoms with Crippen molar-refractivity contribution in [1.29, 1.82) is 0 Å². The second-order valence-electron chi connectivity index (χ2n) is 4.67. The number of rotatable bonds is 4. The lowest BCUT2D eigenvalue weighted by molar-refractivity contribution is -0.386. The van der Waals surface area contributed by atoms with Crippen molar-refractivity contribution in [3.63, 3.8) is 0 Å². The molecule has 8 heteroatoms. The molecule has 0 atom stereocenters. The number of fused-ring (bicyclic) bond motifs is 1. The molecule has 1 amide bonds. The molecule has 3 rings (SSSR count). The number of nitrogens with zero attached hydrogens (tertiary/aromatic N) is 2. The van der Waals surface area contributed by atoms with E-state index >= 15 is 0 Å². The van der Waals surface area contributed by atoms with Gasteiger partial charge in [0.15, 0.2) is 5.75 Å². The fraction of sp³-hybridized carbons (Fsp3) is 0.0667. The number of anilines is 1. The molecule has 0 radical (unpaired) electrons. The van der Waals surface area contributed by atoms with Gasteiger partial charge in [-0.1, -0.05) is 12.1 Å². The Bertz CT molecular complexity index is 903. The van der Waals surface area contributed by atoms with Gasteiger partial charge < -0.3 is 15.0 Å². The molecule has 0 unspecified atom stereocenters. The van der Waals surface area contributed by atoms with Crippen LogP contribution in [-0.4, -0.2) is 27.9 Å². The number of nitro benzene ring substituents is 1. The van der Waals surface area contributed by atoms with E-state index in [1.165, 1.54) is 31.6 Å². The van der Waals surface area contributed by atoms with Gasteiger partial charge in [0.1, 0.15) is 11.1 Å². The number of nitrogens with one attached hydrogen (secondary N) is 2. The zero-order chi connectivity index (χ0) is 16.4. The summed E-state index contributed by atoms with van der Waals surface area (Å²) >= 11 is 0. The molecule has 0 aliphatic carbocycles. The highest BCUT2D eigenvalue weighted by atomic mass is 16.6. The summed E-state index contributed by atoms with van der Waals surface area (Å²) in [5.74, 6) is -0.577. The van der Waals surface area contributed by atoms with E-state index < -0.39 is 10.8 Å². The summed E-state index contributed by atoms with van der Waals surface area (Å²) in [6.07, 6.45) is 1.51. The molecule has 0 saturated carbocycles. The molecule has 116 valence electrons. The van der Waals surface area contributed by atoms with Crippen LogP contribution in [0.15, 0.2) is 42.7 Å². The number of hydrogen-bond acceptors (Lipinski definition) is 5. The number of H-pyrrole nitrogens is 1. The number of carbonyl (C=O) groups is 1. The van der Waals surface area contributed by atoms with Gasteiger partial charge in [0.05, 0.1) is 29.6 Å². The van der Waals surface area contributed by atoms with E-state index in [1.54, 1.807) is 12.1 Å². The number of amides is 1. The Balaban J connectivity index is 2.01. The fourth-order valence-electron chi connectivity index (χ4n) is 2.31. The molecule has 8 nitrogen and oxygen atoms in total. The number of hydrogen-bond donors (Lipinski definition) is 2. The zero-order valence-electron chi connectivity index (χ0n) is 12.1. The quantitative estimate of drug-likeness (QED) is 0.568. The van der Waals surface area contributed by atoms with Gasteiger partial charge >= 0.3 is 5.69 Å². The maximum absolute atomic E-state index is 12.5. The van der Waals surface area contributed by atoms with Gasteiger partial charge in [-0.25, -0.2) is 4.98 Å². The highest BCUT2D eigenvalue weighted by molar-refractivity contribution is 6.10. The number of aromatic nitrogens is 2. The van der Waals surface area contributed by atoms with Gasteiger partial charge in [0, 0.05) is 0 Å². The summed E-state index contributed by atoms with van der Waals surface area (Å²) < 4.78 is 4.97. The van der Waals surface area contributed by atoms with Gasteiger partial charge in [-0.3, -0.25) is 14.9 Å². The van der Waals surface area contributed by atoms with Crippen molar-refractivity contribution in [1.82, 2.24) is 9.97 Å². The zero-order valence-corrected chi connectivity index (χ0v) is 12.1. The number of aromatic amines is 1. The van der Waals surface area contributed by atoms with Gasteiger partial charge in [0.25, 0.3) is 5.91 Å². The van der Waals surface area contributed by atoms with Crippen molar-refractivity contribution in [2.24, 2.45) is 0 Å². The summed E-state index contributed by atoms with van der Waals surface area (Å²) in [5, 5.41) is 13.9. The number of ether oxygens (including phenoxy) is 1. The Morgan fingerprint density at radius 3 is 2.83 bits per heavy atom. The summed E-state index contributed by atoms with van der Waals surface area (Å²) in [6.45, 7) is 0. The maximum atomic E-state index is 12.5. The molecule has 0 aliphatic heterocycles. The SMILES string of the molecule is COc1cccc(C(=O)Nc2cccc3[nH]cnc23)c1[N+](=O)[O-]. The predicted molar refractivity (Wildman–Crippen MR) is 83.7 cm³/mol. The molecule has 0 aliphatic rings. The van der Waals surface area contributed by atoms with E-state index in [0.29, 0.717) is 11.2 Å². The molecule has 2 N–H and O–H groups in total. The van der Waals surface area contributed by atoms with Gasteiger partial charge in [-0.05, 0) is 24.3 Å². The van der Waals surface area contributed by atoms with E-state index in [2.05, 4.69) is 15.3 Å². The second-order valence-corrected chi connectivity index (χ2v) is 4.67. The average Bonchev–Trinajstić information content (AvgIpc) is 3.03. The Morgan fingerprint density at radius 2 is 2.09 bits per heavy atom. The minimum atomic E-state index is -0.636. The first-order chi connectivity index (χ1) is 11.1. The molecule has 3 aromatic rings. The van der Waals surface area contributed by atoms with E-state index in [9.17, 15) is 14.9 Å².